The van der Waals surface area contributed by atoms with E-state index in [0.717, 1.165) is 59.7 Å². The molecule has 5 rings (SSSR count). The minimum atomic E-state index is -0.740. The Morgan fingerprint density at radius 1 is 1.09 bits per heavy atom. The van der Waals surface area contributed by atoms with Crippen LogP contribution in [0, 0.1) is 0 Å². The fourth-order valence-electron chi connectivity index (χ4n) is 4.86. The zero-order chi connectivity index (χ0) is 23.5. The number of rotatable bonds is 10. The van der Waals surface area contributed by atoms with Gasteiger partial charge in [0, 0.05) is 16.9 Å². The first kappa shape index (κ1) is 22.7. The Morgan fingerprint density at radius 3 is 2.79 bits per heavy atom. The maximum absolute atomic E-state index is 11.0. The summed E-state index contributed by atoms with van der Waals surface area (Å²) in [4.78, 5) is 17.3. The van der Waals surface area contributed by atoms with Gasteiger partial charge in [0.25, 0.3) is 0 Å². The van der Waals surface area contributed by atoms with E-state index in [2.05, 4.69) is 0 Å². The number of carboxylic acid groups (broad SMARTS) is 1. The second-order valence-electron chi connectivity index (χ2n) is 8.85. The molecule has 178 valence electrons. The van der Waals surface area contributed by atoms with Crippen molar-refractivity contribution in [2.75, 3.05) is 20.3 Å². The summed E-state index contributed by atoms with van der Waals surface area (Å²) >= 11 is 1.78. The highest BCUT2D eigenvalue weighted by molar-refractivity contribution is 7.15. The van der Waals surface area contributed by atoms with Gasteiger partial charge in [0.05, 0.1) is 32.4 Å². The normalized spacial score (nSPS) is 16.2. The van der Waals surface area contributed by atoms with Gasteiger partial charge in [-0.1, -0.05) is 6.07 Å². The zero-order valence-electron chi connectivity index (χ0n) is 19.3. The molecule has 7 heteroatoms. The van der Waals surface area contributed by atoms with Crippen LogP contribution in [0.25, 0.3) is 10.6 Å². The summed E-state index contributed by atoms with van der Waals surface area (Å²) in [5, 5.41) is 10.1. The predicted molar refractivity (Wildman–Crippen MR) is 131 cm³/mol. The van der Waals surface area contributed by atoms with E-state index in [1.807, 2.05) is 36.4 Å². The van der Waals surface area contributed by atoms with Crippen molar-refractivity contribution < 1.29 is 24.1 Å². The molecule has 1 N–H and O–H groups in total. The fourth-order valence-corrected chi connectivity index (χ4v) is 6.01. The summed E-state index contributed by atoms with van der Waals surface area (Å²) in [6.07, 6.45) is 6.18. The van der Waals surface area contributed by atoms with Gasteiger partial charge in [-0.2, -0.15) is 0 Å². The number of carbonyl (C=O) groups is 1. The quantitative estimate of drug-likeness (QED) is 0.378. The van der Waals surface area contributed by atoms with E-state index in [9.17, 15) is 4.79 Å². The van der Waals surface area contributed by atoms with Gasteiger partial charge >= 0.3 is 5.97 Å². The molecule has 0 unspecified atom stereocenters. The number of fused-ring (bicyclic) bond motifs is 2. The zero-order valence-corrected chi connectivity index (χ0v) is 20.2. The highest BCUT2D eigenvalue weighted by Gasteiger charge is 2.25. The van der Waals surface area contributed by atoms with Crippen LogP contribution >= 0.6 is 11.3 Å². The van der Waals surface area contributed by atoms with Crippen molar-refractivity contribution in [3.05, 3.63) is 58.1 Å². The smallest absolute Gasteiger partial charge is 0.303 e. The monoisotopic (exact) mass is 479 g/mol. The molecule has 0 fully saturated rings. The van der Waals surface area contributed by atoms with Gasteiger partial charge in [0.1, 0.15) is 10.8 Å². The second-order valence-corrected chi connectivity index (χ2v) is 9.94. The number of hydrogen-bond donors (Lipinski definition) is 1. The lowest BCUT2D eigenvalue weighted by Gasteiger charge is -2.13. The molecule has 0 aliphatic heterocycles. The molecule has 0 spiro atoms. The summed E-state index contributed by atoms with van der Waals surface area (Å²) in [6, 6.07) is 12.0. The summed E-state index contributed by atoms with van der Waals surface area (Å²) < 4.78 is 17.5. The maximum atomic E-state index is 11.0. The van der Waals surface area contributed by atoms with Crippen molar-refractivity contribution in [3.63, 3.8) is 0 Å². The molecule has 3 aromatic rings. The minimum absolute atomic E-state index is 0.118. The third-order valence-corrected chi connectivity index (χ3v) is 7.77. The molecule has 1 atom stereocenters. The molecule has 0 saturated carbocycles. The number of ether oxygens (including phenoxy) is 3. The van der Waals surface area contributed by atoms with E-state index in [1.54, 1.807) is 18.4 Å². The SMILES string of the molecule is COc1cc(-c2nc3c(s2)CCC3)ccc1OCCCOc1ccc2c(c1)CC[C@H]2CC(=O)O. The molecule has 2 aliphatic rings. The van der Waals surface area contributed by atoms with Crippen molar-refractivity contribution in [2.24, 2.45) is 0 Å². The summed E-state index contributed by atoms with van der Waals surface area (Å²) in [5.74, 6) is 1.64. The van der Waals surface area contributed by atoms with Crippen LogP contribution < -0.4 is 14.2 Å². The molecule has 0 saturated heterocycles. The molecule has 1 aromatic heterocycles. The van der Waals surface area contributed by atoms with E-state index >= 15 is 0 Å². The van der Waals surface area contributed by atoms with Crippen LogP contribution in [0.4, 0.5) is 0 Å². The van der Waals surface area contributed by atoms with Crippen LogP contribution in [-0.4, -0.2) is 36.4 Å². The Kier molecular flexibility index (Phi) is 6.72. The van der Waals surface area contributed by atoms with E-state index in [-0.39, 0.29) is 12.3 Å². The van der Waals surface area contributed by atoms with E-state index in [4.69, 9.17) is 24.3 Å². The van der Waals surface area contributed by atoms with Crippen LogP contribution in [0.3, 0.4) is 0 Å². The molecule has 2 aliphatic carbocycles. The Balaban J connectivity index is 1.12. The third kappa shape index (κ3) is 4.89. The number of aliphatic carboxylic acids is 1. The highest BCUT2D eigenvalue weighted by atomic mass is 32.1. The lowest BCUT2D eigenvalue weighted by Crippen LogP contribution is -2.06. The standard InChI is InChI=1S/C27H29NO5S/c1-31-24-15-19(27-28-22-4-2-5-25(22)34-27)8-11-23(24)33-13-3-12-32-20-9-10-21-17(14-20)6-7-18(21)16-26(29)30/h8-11,14-15,18H,2-7,12-13,16H2,1H3,(H,29,30)/t18-/m0/s1. The maximum Gasteiger partial charge on any atom is 0.303 e. The van der Waals surface area contributed by atoms with Gasteiger partial charge in [0.2, 0.25) is 0 Å². The Bertz CT molecular complexity index is 1170. The molecular formula is C27H29NO5S. The average Bonchev–Trinajstić information content (AvgIpc) is 3.54. The Hall–Kier alpha value is -3.06. The van der Waals surface area contributed by atoms with Crippen LogP contribution in [0.2, 0.25) is 0 Å². The molecule has 0 bridgehead atoms. The van der Waals surface area contributed by atoms with Crippen molar-refractivity contribution in [3.8, 4) is 27.8 Å². The number of hydrogen-bond acceptors (Lipinski definition) is 6. The van der Waals surface area contributed by atoms with Gasteiger partial charge in [-0.15, -0.1) is 11.3 Å². The summed E-state index contributed by atoms with van der Waals surface area (Å²) in [5.41, 5.74) is 4.67. The van der Waals surface area contributed by atoms with Crippen LogP contribution in [-0.2, 0) is 24.1 Å². The van der Waals surface area contributed by atoms with Crippen molar-refractivity contribution in [2.45, 2.75) is 50.9 Å². The molecule has 0 amide bonds. The fraction of sp³-hybridized carbons (Fsp3) is 0.407. The van der Waals surface area contributed by atoms with Crippen molar-refractivity contribution in [1.82, 2.24) is 4.98 Å². The number of carboxylic acids is 1. The topological polar surface area (TPSA) is 77.9 Å². The number of benzene rings is 2. The first-order valence-corrected chi connectivity index (χ1v) is 12.7. The lowest BCUT2D eigenvalue weighted by atomic mass is 9.98. The number of nitrogens with zero attached hydrogens (tertiary/aromatic N) is 1. The van der Waals surface area contributed by atoms with Gasteiger partial charge in [-0.3, -0.25) is 4.79 Å². The summed E-state index contributed by atoms with van der Waals surface area (Å²) in [7, 11) is 1.66. The number of aromatic nitrogens is 1. The minimum Gasteiger partial charge on any atom is -0.493 e. The van der Waals surface area contributed by atoms with E-state index in [1.165, 1.54) is 22.6 Å². The van der Waals surface area contributed by atoms with Crippen LogP contribution in [0.5, 0.6) is 17.2 Å². The lowest BCUT2D eigenvalue weighted by molar-refractivity contribution is -0.137. The molecular weight excluding hydrogens is 450 g/mol. The van der Waals surface area contributed by atoms with Crippen molar-refractivity contribution in [1.29, 1.82) is 0 Å². The molecule has 6 nitrogen and oxygen atoms in total. The first-order chi connectivity index (χ1) is 16.6. The van der Waals surface area contributed by atoms with Gasteiger partial charge in [-0.25, -0.2) is 4.98 Å². The highest BCUT2D eigenvalue weighted by Crippen LogP contribution is 2.38. The Morgan fingerprint density at radius 2 is 1.97 bits per heavy atom. The van der Waals surface area contributed by atoms with Gasteiger partial charge in [-0.05, 0) is 79.5 Å². The molecule has 2 aromatic carbocycles. The molecule has 34 heavy (non-hydrogen) atoms. The van der Waals surface area contributed by atoms with Crippen molar-refractivity contribution >= 4 is 17.3 Å². The predicted octanol–water partition coefficient (Wildman–Crippen LogP) is 5.66. The number of aryl methyl sites for hydroxylation is 3. The third-order valence-electron chi connectivity index (χ3n) is 6.56. The van der Waals surface area contributed by atoms with Crippen LogP contribution in [0.15, 0.2) is 36.4 Å². The molecule has 1 heterocycles. The number of thiazole rings is 1. The first-order valence-electron chi connectivity index (χ1n) is 11.9. The van der Waals surface area contributed by atoms with Gasteiger partial charge in [0.15, 0.2) is 11.5 Å². The summed E-state index contributed by atoms with van der Waals surface area (Å²) in [6.45, 7) is 1.06. The van der Waals surface area contributed by atoms with Crippen LogP contribution in [0.1, 0.15) is 53.3 Å². The Labute approximate surface area is 203 Å². The van der Waals surface area contributed by atoms with Gasteiger partial charge < -0.3 is 19.3 Å². The largest absolute Gasteiger partial charge is 0.493 e. The number of methoxy groups -OCH3 is 1. The van der Waals surface area contributed by atoms with E-state index in [0.29, 0.717) is 19.0 Å². The van der Waals surface area contributed by atoms with E-state index < -0.39 is 5.97 Å². The average molecular weight is 480 g/mol. The molecule has 0 radical (unpaired) electrons. The second kappa shape index (κ2) is 10.1.